The van der Waals surface area contributed by atoms with E-state index < -0.39 is 0 Å². The molecular weight excluding hydrogens is 238 g/mol. The summed E-state index contributed by atoms with van der Waals surface area (Å²) in [7, 11) is 1.61. The summed E-state index contributed by atoms with van der Waals surface area (Å²) in [5.74, 6) is 1.25. The predicted octanol–water partition coefficient (Wildman–Crippen LogP) is 2.74. The molecule has 4 nitrogen and oxygen atoms in total. The van der Waals surface area contributed by atoms with Gasteiger partial charge in [-0.1, -0.05) is 13.8 Å². The monoisotopic (exact) mass is 261 g/mol. The maximum absolute atomic E-state index is 9.17. The zero-order valence-electron chi connectivity index (χ0n) is 12.2. The number of benzene rings is 1. The first-order valence-electron chi connectivity index (χ1n) is 6.50. The molecule has 3 N–H and O–H groups in total. The Labute approximate surface area is 115 Å². The predicted molar refractivity (Wildman–Crippen MR) is 78.2 cm³/mol. The Morgan fingerprint density at radius 2 is 2.16 bits per heavy atom. The third-order valence-corrected chi connectivity index (χ3v) is 3.09. The molecule has 0 saturated carbocycles. The van der Waals surface area contributed by atoms with Crippen LogP contribution in [0.15, 0.2) is 18.2 Å². The van der Waals surface area contributed by atoms with Gasteiger partial charge in [-0.05, 0) is 31.4 Å². The van der Waals surface area contributed by atoms with E-state index in [1.807, 2.05) is 6.07 Å². The molecule has 0 saturated heterocycles. The summed E-state index contributed by atoms with van der Waals surface area (Å²) in [6.45, 7) is 6.90. The Morgan fingerprint density at radius 3 is 2.63 bits per heavy atom. The largest absolute Gasteiger partial charge is 0.497 e. The van der Waals surface area contributed by atoms with E-state index in [1.54, 1.807) is 19.2 Å². The molecular formula is C15H23N3O. The van der Waals surface area contributed by atoms with Crippen molar-refractivity contribution in [1.29, 1.82) is 5.26 Å². The normalized spacial score (nSPS) is 13.7. The van der Waals surface area contributed by atoms with E-state index in [1.165, 1.54) is 0 Å². The van der Waals surface area contributed by atoms with Gasteiger partial charge in [-0.3, -0.25) is 0 Å². The van der Waals surface area contributed by atoms with Gasteiger partial charge < -0.3 is 15.8 Å². The highest BCUT2D eigenvalue weighted by atomic mass is 16.5. The minimum atomic E-state index is -0.230. The number of nitrogens with two attached hydrogens (primary N) is 1. The molecule has 0 amide bonds. The summed E-state index contributed by atoms with van der Waals surface area (Å²) < 4.78 is 5.20. The van der Waals surface area contributed by atoms with Crippen LogP contribution in [-0.2, 0) is 0 Å². The van der Waals surface area contributed by atoms with Gasteiger partial charge in [0.05, 0.1) is 18.4 Å². The number of hydrogen-bond acceptors (Lipinski definition) is 4. The van der Waals surface area contributed by atoms with Crippen LogP contribution in [-0.4, -0.2) is 19.2 Å². The Hall–Kier alpha value is -1.73. The summed E-state index contributed by atoms with van der Waals surface area (Å²) in [6, 6.07) is 7.57. The molecule has 1 rings (SSSR count). The Kier molecular flexibility index (Phi) is 5.20. The second kappa shape index (κ2) is 6.44. The molecule has 0 radical (unpaired) electrons. The Bertz CT molecular complexity index is 465. The lowest BCUT2D eigenvalue weighted by Gasteiger charge is -2.32. The van der Waals surface area contributed by atoms with Crippen molar-refractivity contribution in [1.82, 2.24) is 0 Å². The van der Waals surface area contributed by atoms with Crippen LogP contribution in [0.4, 0.5) is 5.69 Å². The van der Waals surface area contributed by atoms with Gasteiger partial charge in [0.2, 0.25) is 0 Å². The van der Waals surface area contributed by atoms with Crippen molar-refractivity contribution >= 4 is 5.69 Å². The van der Waals surface area contributed by atoms with E-state index in [9.17, 15) is 5.26 Å². The molecule has 1 unspecified atom stereocenters. The number of nitrogens with zero attached hydrogens (tertiary/aromatic N) is 1. The zero-order valence-corrected chi connectivity index (χ0v) is 12.2. The van der Waals surface area contributed by atoms with Gasteiger partial charge in [-0.15, -0.1) is 0 Å². The van der Waals surface area contributed by atoms with Gasteiger partial charge >= 0.3 is 0 Å². The topological polar surface area (TPSA) is 71.1 Å². The number of methoxy groups -OCH3 is 1. The Morgan fingerprint density at radius 1 is 1.47 bits per heavy atom. The minimum absolute atomic E-state index is 0.230. The van der Waals surface area contributed by atoms with Crippen LogP contribution >= 0.6 is 0 Å². The molecule has 0 aliphatic heterocycles. The molecule has 0 aliphatic rings. The van der Waals surface area contributed by atoms with E-state index in [0.29, 0.717) is 18.0 Å². The standard InChI is InChI=1S/C15H23N3O/c1-11(2)8-15(3,10-17)18-14-7-13(19-4)6-5-12(14)9-16/h5-7,11,18H,8,10,17H2,1-4H3. The number of ether oxygens (including phenoxy) is 1. The molecule has 19 heavy (non-hydrogen) atoms. The fourth-order valence-corrected chi connectivity index (χ4v) is 2.26. The summed E-state index contributed by atoms with van der Waals surface area (Å²) in [5, 5.41) is 12.6. The second-order valence-corrected chi connectivity index (χ2v) is 5.51. The van der Waals surface area contributed by atoms with Gasteiger partial charge in [0.25, 0.3) is 0 Å². The fourth-order valence-electron chi connectivity index (χ4n) is 2.26. The number of anilines is 1. The summed E-state index contributed by atoms with van der Waals surface area (Å²) in [5.41, 5.74) is 7.03. The van der Waals surface area contributed by atoms with Crippen LogP contribution in [0.2, 0.25) is 0 Å². The van der Waals surface area contributed by atoms with Crippen LogP contribution in [0.1, 0.15) is 32.8 Å². The van der Waals surface area contributed by atoms with E-state index in [-0.39, 0.29) is 5.54 Å². The maximum atomic E-state index is 9.17. The lowest BCUT2D eigenvalue weighted by molar-refractivity contribution is 0.404. The minimum Gasteiger partial charge on any atom is -0.497 e. The molecule has 0 aliphatic carbocycles. The molecule has 1 aromatic carbocycles. The van der Waals surface area contributed by atoms with E-state index in [2.05, 4.69) is 32.2 Å². The van der Waals surface area contributed by atoms with Gasteiger partial charge in [0.1, 0.15) is 11.8 Å². The molecule has 4 heteroatoms. The molecule has 0 bridgehead atoms. The van der Waals surface area contributed by atoms with Gasteiger partial charge in [-0.25, -0.2) is 0 Å². The van der Waals surface area contributed by atoms with Crippen molar-refractivity contribution < 1.29 is 4.74 Å². The molecule has 0 aromatic heterocycles. The molecule has 0 heterocycles. The van der Waals surface area contributed by atoms with Crippen molar-refractivity contribution in [2.24, 2.45) is 11.7 Å². The third kappa shape index (κ3) is 4.15. The van der Waals surface area contributed by atoms with E-state index in [4.69, 9.17) is 10.5 Å². The van der Waals surface area contributed by atoms with Crippen LogP contribution in [0.3, 0.4) is 0 Å². The zero-order chi connectivity index (χ0) is 14.5. The summed E-state index contributed by atoms with van der Waals surface area (Å²) in [4.78, 5) is 0. The number of rotatable bonds is 6. The lowest BCUT2D eigenvalue weighted by Crippen LogP contribution is -2.43. The fraction of sp³-hybridized carbons (Fsp3) is 0.533. The van der Waals surface area contributed by atoms with Gasteiger partial charge in [-0.2, -0.15) is 5.26 Å². The van der Waals surface area contributed by atoms with Crippen molar-refractivity contribution in [2.75, 3.05) is 19.0 Å². The van der Waals surface area contributed by atoms with Crippen LogP contribution in [0.25, 0.3) is 0 Å². The molecule has 1 atom stereocenters. The van der Waals surface area contributed by atoms with Gasteiger partial charge in [0, 0.05) is 18.2 Å². The van der Waals surface area contributed by atoms with Crippen molar-refractivity contribution in [3.05, 3.63) is 23.8 Å². The second-order valence-electron chi connectivity index (χ2n) is 5.51. The van der Waals surface area contributed by atoms with Crippen LogP contribution < -0.4 is 15.8 Å². The summed E-state index contributed by atoms with van der Waals surface area (Å²) >= 11 is 0. The van der Waals surface area contributed by atoms with Crippen LogP contribution in [0.5, 0.6) is 5.75 Å². The lowest BCUT2D eigenvalue weighted by atomic mass is 9.90. The van der Waals surface area contributed by atoms with Crippen molar-refractivity contribution in [2.45, 2.75) is 32.7 Å². The van der Waals surface area contributed by atoms with Crippen molar-refractivity contribution in [3.8, 4) is 11.8 Å². The van der Waals surface area contributed by atoms with E-state index >= 15 is 0 Å². The first-order valence-corrected chi connectivity index (χ1v) is 6.50. The molecule has 0 spiro atoms. The smallest absolute Gasteiger partial charge is 0.121 e. The first kappa shape index (κ1) is 15.3. The van der Waals surface area contributed by atoms with E-state index in [0.717, 1.165) is 17.9 Å². The SMILES string of the molecule is COc1ccc(C#N)c(NC(C)(CN)CC(C)C)c1. The maximum Gasteiger partial charge on any atom is 0.121 e. The summed E-state index contributed by atoms with van der Waals surface area (Å²) in [6.07, 6.45) is 0.936. The average Bonchev–Trinajstić information content (AvgIpc) is 2.37. The first-order chi connectivity index (χ1) is 8.94. The Balaban J connectivity index is 3.05. The molecule has 104 valence electrons. The number of nitrogens with one attached hydrogen (secondary N) is 1. The highest BCUT2D eigenvalue weighted by molar-refractivity contribution is 5.61. The molecule has 0 fully saturated rings. The van der Waals surface area contributed by atoms with Crippen molar-refractivity contribution in [3.63, 3.8) is 0 Å². The quantitative estimate of drug-likeness (QED) is 0.826. The van der Waals surface area contributed by atoms with Gasteiger partial charge in [0.15, 0.2) is 0 Å². The highest BCUT2D eigenvalue weighted by Gasteiger charge is 2.24. The third-order valence-electron chi connectivity index (χ3n) is 3.09. The average molecular weight is 261 g/mol. The molecule has 1 aromatic rings. The number of hydrogen-bond donors (Lipinski definition) is 2. The van der Waals surface area contributed by atoms with Crippen LogP contribution in [0, 0.1) is 17.2 Å². The highest BCUT2D eigenvalue weighted by Crippen LogP contribution is 2.27. The number of nitriles is 1.